The third-order valence-corrected chi connectivity index (χ3v) is 5.00. The van der Waals surface area contributed by atoms with Crippen molar-refractivity contribution in [3.05, 3.63) is 41.9 Å². The van der Waals surface area contributed by atoms with Crippen LogP contribution < -0.4 is 16.0 Å². The molecule has 0 spiro atoms. The summed E-state index contributed by atoms with van der Waals surface area (Å²) >= 11 is 0. The molecule has 0 fully saturated rings. The number of carbonyl (C=O) groups excluding carboxylic acids is 3. The normalized spacial score (nSPS) is 11.8. The Morgan fingerprint density at radius 3 is 2.26 bits per heavy atom. The second-order valence-corrected chi connectivity index (χ2v) is 8.43. The molecular weight excluding hydrogens is 390 g/mol. The van der Waals surface area contributed by atoms with Crippen molar-refractivity contribution in [2.24, 2.45) is 5.92 Å². The van der Waals surface area contributed by atoms with Gasteiger partial charge in [-0.25, -0.2) is 0 Å². The third kappa shape index (κ3) is 11.6. The third-order valence-electron chi connectivity index (χ3n) is 5.00. The van der Waals surface area contributed by atoms with E-state index in [1.165, 1.54) is 5.56 Å². The van der Waals surface area contributed by atoms with E-state index in [-0.39, 0.29) is 24.3 Å². The van der Waals surface area contributed by atoms with Gasteiger partial charge in [-0.15, -0.1) is 0 Å². The fourth-order valence-electron chi connectivity index (χ4n) is 2.99. The second-order valence-electron chi connectivity index (χ2n) is 8.43. The molecule has 0 aliphatic carbocycles. The first-order valence-electron chi connectivity index (χ1n) is 11.7. The predicted molar refractivity (Wildman–Crippen MR) is 125 cm³/mol. The molecule has 3 N–H and O–H groups in total. The Labute approximate surface area is 187 Å². The van der Waals surface area contributed by atoms with Crippen LogP contribution in [-0.2, 0) is 16.0 Å². The lowest BCUT2D eigenvalue weighted by molar-refractivity contribution is -0.123. The van der Waals surface area contributed by atoms with E-state index in [1.807, 2.05) is 12.1 Å². The Morgan fingerprint density at radius 2 is 1.65 bits per heavy atom. The standard InChI is InChI=1S/C25H40N3O3/c1-5-7-9-11-23(29)27-18-22(25(31)26-17-16-19(3)4)28-24(30)21-14-12-20(13-15-21)10-8-6-2/h12-15,17,19,22H,5-11,16,18H2,1-4H3,(H,26,31)(H,27,29)(H,28,30)/t22-/m0/s1. The van der Waals surface area contributed by atoms with Crippen molar-refractivity contribution in [2.75, 3.05) is 6.54 Å². The fourth-order valence-corrected chi connectivity index (χ4v) is 2.99. The first-order chi connectivity index (χ1) is 14.9. The molecule has 1 radical (unpaired) electrons. The van der Waals surface area contributed by atoms with E-state index in [4.69, 9.17) is 0 Å². The second kappa shape index (κ2) is 15.4. The van der Waals surface area contributed by atoms with Gasteiger partial charge in [-0.1, -0.05) is 59.1 Å². The number of benzene rings is 1. The van der Waals surface area contributed by atoms with Gasteiger partial charge in [0.1, 0.15) is 6.04 Å². The van der Waals surface area contributed by atoms with Gasteiger partial charge < -0.3 is 16.0 Å². The summed E-state index contributed by atoms with van der Waals surface area (Å²) in [6.45, 7) is 10.1. The molecule has 0 aliphatic rings. The van der Waals surface area contributed by atoms with E-state index in [2.05, 4.69) is 43.6 Å². The summed E-state index contributed by atoms with van der Waals surface area (Å²) in [6, 6.07) is 6.62. The van der Waals surface area contributed by atoms with Crippen molar-refractivity contribution in [3.63, 3.8) is 0 Å². The highest BCUT2D eigenvalue weighted by atomic mass is 16.2. The van der Waals surface area contributed by atoms with E-state index in [1.54, 1.807) is 18.7 Å². The average Bonchev–Trinajstić information content (AvgIpc) is 2.75. The highest BCUT2D eigenvalue weighted by Crippen LogP contribution is 2.08. The number of hydrogen-bond acceptors (Lipinski definition) is 3. The first kappa shape index (κ1) is 26.7. The van der Waals surface area contributed by atoms with Crippen LogP contribution in [-0.4, -0.2) is 30.3 Å². The number of unbranched alkanes of at least 4 members (excludes halogenated alkanes) is 3. The van der Waals surface area contributed by atoms with E-state index < -0.39 is 6.04 Å². The van der Waals surface area contributed by atoms with Crippen LogP contribution in [0.3, 0.4) is 0 Å². The van der Waals surface area contributed by atoms with Crippen molar-refractivity contribution >= 4 is 17.7 Å². The van der Waals surface area contributed by atoms with Crippen LogP contribution in [0.4, 0.5) is 0 Å². The minimum Gasteiger partial charge on any atom is -0.353 e. The molecule has 6 nitrogen and oxygen atoms in total. The molecule has 0 heterocycles. The van der Waals surface area contributed by atoms with E-state index in [0.29, 0.717) is 17.9 Å². The number of rotatable bonds is 15. The van der Waals surface area contributed by atoms with E-state index in [9.17, 15) is 14.4 Å². The summed E-state index contributed by atoms with van der Waals surface area (Å²) in [6.07, 6.45) is 7.22. The monoisotopic (exact) mass is 430 g/mol. The predicted octanol–water partition coefficient (Wildman–Crippen LogP) is 4.15. The minimum absolute atomic E-state index is 0.0621. The fraction of sp³-hybridized carbons (Fsp3) is 0.600. The van der Waals surface area contributed by atoms with Crippen molar-refractivity contribution in [1.29, 1.82) is 0 Å². The quantitative estimate of drug-likeness (QED) is 0.365. The van der Waals surface area contributed by atoms with Gasteiger partial charge >= 0.3 is 0 Å². The zero-order valence-corrected chi connectivity index (χ0v) is 19.6. The maximum absolute atomic E-state index is 12.7. The maximum Gasteiger partial charge on any atom is 0.251 e. The zero-order valence-electron chi connectivity index (χ0n) is 19.6. The van der Waals surface area contributed by atoms with Crippen LogP contribution in [0.1, 0.15) is 88.6 Å². The minimum atomic E-state index is -0.842. The Hall–Kier alpha value is -2.37. The highest BCUT2D eigenvalue weighted by Gasteiger charge is 2.22. The Morgan fingerprint density at radius 1 is 0.968 bits per heavy atom. The van der Waals surface area contributed by atoms with Gasteiger partial charge in [0.05, 0.1) is 0 Å². The molecule has 173 valence electrons. The summed E-state index contributed by atoms with van der Waals surface area (Å²) < 4.78 is 0. The summed E-state index contributed by atoms with van der Waals surface area (Å²) in [5.41, 5.74) is 1.69. The number of carbonyl (C=O) groups is 3. The molecule has 1 aromatic rings. The average molecular weight is 431 g/mol. The van der Waals surface area contributed by atoms with Crippen molar-refractivity contribution < 1.29 is 14.4 Å². The summed E-state index contributed by atoms with van der Waals surface area (Å²) in [5, 5.41) is 8.30. The molecule has 1 atom stereocenters. The molecule has 1 aromatic carbocycles. The molecule has 1 rings (SSSR count). The number of hydrogen-bond donors (Lipinski definition) is 3. The molecule has 0 bridgehead atoms. The lowest BCUT2D eigenvalue weighted by atomic mass is 10.1. The highest BCUT2D eigenvalue weighted by molar-refractivity contribution is 5.97. The molecule has 0 saturated carbocycles. The summed E-state index contributed by atoms with van der Waals surface area (Å²) in [4.78, 5) is 37.4. The van der Waals surface area contributed by atoms with Gasteiger partial charge in [-0.2, -0.15) is 0 Å². The lowest BCUT2D eigenvalue weighted by Gasteiger charge is -2.19. The summed E-state index contributed by atoms with van der Waals surface area (Å²) in [7, 11) is 0. The SMILES string of the molecule is CCCCCC(=O)NC[C@H](NC(=O)c1ccc(CCCC)cc1)C(=O)N[CH]CC(C)C. The number of amides is 3. The maximum atomic E-state index is 12.7. The van der Waals surface area contributed by atoms with Gasteiger partial charge in [0.25, 0.3) is 5.91 Å². The first-order valence-corrected chi connectivity index (χ1v) is 11.7. The van der Waals surface area contributed by atoms with Gasteiger partial charge in [0.15, 0.2) is 0 Å². The molecule has 31 heavy (non-hydrogen) atoms. The van der Waals surface area contributed by atoms with Crippen LogP contribution in [0, 0.1) is 12.5 Å². The van der Waals surface area contributed by atoms with Gasteiger partial charge in [0, 0.05) is 25.1 Å². The molecule has 0 saturated heterocycles. The smallest absolute Gasteiger partial charge is 0.251 e. The summed E-state index contributed by atoms with van der Waals surface area (Å²) in [5.74, 6) is -0.349. The van der Waals surface area contributed by atoms with Crippen LogP contribution in [0.25, 0.3) is 0 Å². The Bertz CT molecular complexity index is 671. The van der Waals surface area contributed by atoms with Gasteiger partial charge in [-0.3, -0.25) is 14.4 Å². The van der Waals surface area contributed by atoms with Crippen molar-refractivity contribution in [1.82, 2.24) is 16.0 Å². The topological polar surface area (TPSA) is 87.3 Å². The Kier molecular flexibility index (Phi) is 13.3. The molecule has 6 heteroatoms. The van der Waals surface area contributed by atoms with Crippen LogP contribution >= 0.6 is 0 Å². The number of nitrogens with one attached hydrogen (secondary N) is 3. The molecule has 3 amide bonds. The van der Waals surface area contributed by atoms with Crippen molar-refractivity contribution in [2.45, 2.75) is 85.1 Å². The molecule has 0 aromatic heterocycles. The van der Waals surface area contributed by atoms with Crippen LogP contribution in [0.15, 0.2) is 24.3 Å². The number of aryl methyl sites for hydroxylation is 1. The molecule has 0 unspecified atom stereocenters. The largest absolute Gasteiger partial charge is 0.353 e. The van der Waals surface area contributed by atoms with Crippen LogP contribution in [0.5, 0.6) is 0 Å². The zero-order chi connectivity index (χ0) is 23.1. The van der Waals surface area contributed by atoms with E-state index in [0.717, 1.165) is 44.9 Å². The molecule has 0 aliphatic heterocycles. The van der Waals surface area contributed by atoms with Gasteiger partial charge in [-0.05, 0) is 49.3 Å². The van der Waals surface area contributed by atoms with E-state index >= 15 is 0 Å². The van der Waals surface area contributed by atoms with Crippen LogP contribution in [0.2, 0.25) is 0 Å². The lowest BCUT2D eigenvalue weighted by Crippen LogP contribution is -2.52. The van der Waals surface area contributed by atoms with Crippen molar-refractivity contribution in [3.8, 4) is 0 Å². The van der Waals surface area contributed by atoms with Gasteiger partial charge in [0.2, 0.25) is 11.8 Å². The molecular formula is C25H40N3O3. The Balaban J connectivity index is 2.71.